The van der Waals surface area contributed by atoms with Crippen LogP contribution in [0, 0.1) is 6.92 Å². The molecule has 1 aromatic heterocycles. The summed E-state index contributed by atoms with van der Waals surface area (Å²) in [6.07, 6.45) is 5.01. The summed E-state index contributed by atoms with van der Waals surface area (Å²) >= 11 is 6.25. The summed E-state index contributed by atoms with van der Waals surface area (Å²) in [5, 5.41) is 1.87. The molecule has 0 atom stereocenters. The van der Waals surface area contributed by atoms with Gasteiger partial charge in [-0.3, -0.25) is 4.79 Å². The molecule has 1 aliphatic rings. The monoisotopic (exact) mass is 350 g/mol. The van der Waals surface area contributed by atoms with E-state index in [0.717, 1.165) is 40.0 Å². The Morgan fingerprint density at radius 2 is 1.96 bits per heavy atom. The minimum absolute atomic E-state index is 0.0947. The van der Waals surface area contributed by atoms with Crippen molar-refractivity contribution in [1.29, 1.82) is 0 Å². The van der Waals surface area contributed by atoms with Gasteiger partial charge >= 0.3 is 0 Å². The van der Waals surface area contributed by atoms with Gasteiger partial charge in [-0.1, -0.05) is 47.5 Å². The van der Waals surface area contributed by atoms with Gasteiger partial charge in [0.25, 0.3) is 5.91 Å². The largest absolute Gasteiger partial charge is 0.359 e. The third kappa shape index (κ3) is 2.96. The molecule has 1 aliphatic heterocycles. The Balaban J connectivity index is 1.56. The molecule has 1 amide bonds. The smallest absolute Gasteiger partial charge is 0.254 e. The van der Waals surface area contributed by atoms with Crippen LogP contribution in [0.3, 0.4) is 0 Å². The van der Waals surface area contributed by atoms with E-state index in [2.05, 4.69) is 17.1 Å². The fourth-order valence-electron chi connectivity index (χ4n) is 3.36. The molecular formula is C21H19ClN2O. The Labute approximate surface area is 151 Å². The summed E-state index contributed by atoms with van der Waals surface area (Å²) in [5.74, 6) is 0.0947. The van der Waals surface area contributed by atoms with E-state index in [4.69, 9.17) is 11.6 Å². The first-order valence-electron chi connectivity index (χ1n) is 8.44. The molecule has 0 radical (unpaired) electrons. The van der Waals surface area contributed by atoms with Gasteiger partial charge in [0.15, 0.2) is 0 Å². The van der Waals surface area contributed by atoms with Crippen LogP contribution in [0.1, 0.15) is 27.9 Å². The first-order valence-corrected chi connectivity index (χ1v) is 8.82. The van der Waals surface area contributed by atoms with Gasteiger partial charge in [0.1, 0.15) is 0 Å². The Kier molecular flexibility index (Phi) is 4.10. The standard InChI is InChI=1S/C21H19ClN2O/c1-14-5-7-16(8-6-14)21(25)24-11-9-15(10-12-24)18-13-23-20-17(18)3-2-4-19(20)22/h2-9,13,23H,10-12H2,1H3. The second-order valence-electron chi connectivity index (χ2n) is 6.46. The SMILES string of the molecule is Cc1ccc(C(=O)N2CC=C(c3c[nH]c4c(Cl)cccc34)CC2)cc1. The van der Waals surface area contributed by atoms with E-state index < -0.39 is 0 Å². The van der Waals surface area contributed by atoms with Gasteiger partial charge in [0.2, 0.25) is 0 Å². The topological polar surface area (TPSA) is 36.1 Å². The lowest BCUT2D eigenvalue weighted by atomic mass is 9.98. The maximum atomic E-state index is 12.6. The molecule has 4 rings (SSSR count). The molecule has 4 heteroatoms. The quantitative estimate of drug-likeness (QED) is 0.689. The molecule has 0 spiro atoms. The predicted octanol–water partition coefficient (Wildman–Crippen LogP) is 5.06. The molecule has 3 nitrogen and oxygen atoms in total. The summed E-state index contributed by atoms with van der Waals surface area (Å²) in [5.41, 5.74) is 5.33. The van der Waals surface area contributed by atoms with E-state index >= 15 is 0 Å². The van der Waals surface area contributed by atoms with E-state index in [1.54, 1.807) is 0 Å². The van der Waals surface area contributed by atoms with Crippen molar-refractivity contribution in [1.82, 2.24) is 9.88 Å². The van der Waals surface area contributed by atoms with Crippen LogP contribution in [0.25, 0.3) is 16.5 Å². The lowest BCUT2D eigenvalue weighted by molar-refractivity contribution is 0.0773. The summed E-state index contributed by atoms with van der Waals surface area (Å²) < 4.78 is 0. The van der Waals surface area contributed by atoms with Crippen LogP contribution >= 0.6 is 11.6 Å². The number of aromatic nitrogens is 1. The van der Waals surface area contributed by atoms with Gasteiger partial charge in [-0.25, -0.2) is 0 Å². The summed E-state index contributed by atoms with van der Waals surface area (Å²) in [4.78, 5) is 17.8. The number of para-hydroxylation sites is 1. The lowest BCUT2D eigenvalue weighted by Gasteiger charge is -2.26. The van der Waals surface area contributed by atoms with Crippen molar-refractivity contribution in [3.63, 3.8) is 0 Å². The van der Waals surface area contributed by atoms with Crippen LogP contribution in [-0.2, 0) is 0 Å². The van der Waals surface area contributed by atoms with Gasteiger partial charge in [-0.15, -0.1) is 0 Å². The van der Waals surface area contributed by atoms with Crippen molar-refractivity contribution in [2.45, 2.75) is 13.3 Å². The third-order valence-corrected chi connectivity index (χ3v) is 5.12. The molecule has 2 heterocycles. The molecule has 3 aromatic rings. The number of carbonyl (C=O) groups is 1. The molecular weight excluding hydrogens is 332 g/mol. The fraction of sp³-hybridized carbons (Fsp3) is 0.190. The minimum Gasteiger partial charge on any atom is -0.359 e. The van der Waals surface area contributed by atoms with Crippen molar-refractivity contribution in [3.8, 4) is 0 Å². The normalized spacial score (nSPS) is 14.6. The first-order chi connectivity index (χ1) is 12.1. The molecule has 25 heavy (non-hydrogen) atoms. The van der Waals surface area contributed by atoms with E-state index in [1.807, 2.05) is 54.4 Å². The number of nitrogens with zero attached hydrogens (tertiary/aromatic N) is 1. The van der Waals surface area contributed by atoms with Gasteiger partial charge in [-0.05, 0) is 37.1 Å². The van der Waals surface area contributed by atoms with Gasteiger partial charge in [0, 0.05) is 35.8 Å². The molecule has 0 fully saturated rings. The average molecular weight is 351 g/mol. The molecule has 1 N–H and O–H groups in total. The summed E-state index contributed by atoms with van der Waals surface area (Å²) in [6.45, 7) is 3.39. The molecule has 0 saturated carbocycles. The van der Waals surface area contributed by atoms with Crippen molar-refractivity contribution < 1.29 is 4.79 Å². The molecule has 0 bridgehead atoms. The number of hydrogen-bond donors (Lipinski definition) is 1. The number of amides is 1. The number of carbonyl (C=O) groups excluding carboxylic acids is 1. The number of nitrogens with one attached hydrogen (secondary N) is 1. The second-order valence-corrected chi connectivity index (χ2v) is 6.87. The third-order valence-electron chi connectivity index (χ3n) is 4.81. The lowest BCUT2D eigenvalue weighted by Crippen LogP contribution is -2.34. The van der Waals surface area contributed by atoms with Gasteiger partial charge in [-0.2, -0.15) is 0 Å². The summed E-state index contributed by atoms with van der Waals surface area (Å²) in [6, 6.07) is 13.7. The van der Waals surface area contributed by atoms with Gasteiger partial charge in [0.05, 0.1) is 10.5 Å². The maximum Gasteiger partial charge on any atom is 0.254 e. The molecule has 0 saturated heterocycles. The fourth-order valence-corrected chi connectivity index (χ4v) is 3.59. The number of aryl methyl sites for hydroxylation is 1. The zero-order chi connectivity index (χ0) is 17.4. The highest BCUT2D eigenvalue weighted by Crippen LogP contribution is 2.32. The minimum atomic E-state index is 0.0947. The Morgan fingerprint density at radius 1 is 1.16 bits per heavy atom. The Hall–Kier alpha value is -2.52. The maximum absolute atomic E-state index is 12.6. The average Bonchev–Trinajstić information content (AvgIpc) is 3.07. The number of fused-ring (bicyclic) bond motifs is 1. The number of H-pyrrole nitrogens is 1. The van der Waals surface area contributed by atoms with Crippen molar-refractivity contribution >= 4 is 34.0 Å². The van der Waals surface area contributed by atoms with Crippen molar-refractivity contribution in [3.05, 3.63) is 76.5 Å². The van der Waals surface area contributed by atoms with Crippen LogP contribution in [0.15, 0.2) is 54.7 Å². The van der Waals surface area contributed by atoms with E-state index in [0.29, 0.717) is 6.54 Å². The number of halogens is 1. The zero-order valence-corrected chi connectivity index (χ0v) is 14.8. The van der Waals surface area contributed by atoms with Crippen molar-refractivity contribution in [2.24, 2.45) is 0 Å². The number of benzene rings is 2. The zero-order valence-electron chi connectivity index (χ0n) is 14.1. The molecule has 2 aromatic carbocycles. The second kappa shape index (κ2) is 6.41. The number of rotatable bonds is 2. The van der Waals surface area contributed by atoms with E-state index in [9.17, 15) is 4.79 Å². The molecule has 0 unspecified atom stereocenters. The van der Waals surface area contributed by atoms with Crippen LogP contribution in [0.2, 0.25) is 5.02 Å². The Morgan fingerprint density at radius 3 is 2.68 bits per heavy atom. The molecule has 0 aliphatic carbocycles. The van der Waals surface area contributed by atoms with Crippen LogP contribution in [0.4, 0.5) is 0 Å². The van der Waals surface area contributed by atoms with Crippen LogP contribution in [0.5, 0.6) is 0 Å². The van der Waals surface area contributed by atoms with Crippen molar-refractivity contribution in [2.75, 3.05) is 13.1 Å². The molecule has 126 valence electrons. The van der Waals surface area contributed by atoms with Gasteiger partial charge < -0.3 is 9.88 Å². The van der Waals surface area contributed by atoms with Crippen LogP contribution in [-0.4, -0.2) is 28.9 Å². The Bertz CT molecular complexity index is 969. The highest BCUT2D eigenvalue weighted by Gasteiger charge is 2.20. The number of hydrogen-bond acceptors (Lipinski definition) is 1. The number of aromatic amines is 1. The predicted molar refractivity (Wildman–Crippen MR) is 103 cm³/mol. The highest BCUT2D eigenvalue weighted by molar-refractivity contribution is 6.35. The van der Waals surface area contributed by atoms with E-state index in [1.165, 1.54) is 11.1 Å². The van der Waals surface area contributed by atoms with E-state index in [-0.39, 0.29) is 5.91 Å². The van der Waals surface area contributed by atoms with Crippen LogP contribution < -0.4 is 0 Å². The first kappa shape index (κ1) is 16.0. The highest BCUT2D eigenvalue weighted by atomic mass is 35.5. The summed E-state index contributed by atoms with van der Waals surface area (Å²) in [7, 11) is 0.